The molecule has 0 aromatic heterocycles. The van der Waals surface area contributed by atoms with Gasteiger partial charge in [-0.05, 0) is 25.5 Å². The van der Waals surface area contributed by atoms with Gasteiger partial charge in [0.2, 0.25) is 0 Å². The number of aliphatic carboxylic acids is 1. The van der Waals surface area contributed by atoms with Crippen LogP contribution >= 0.6 is 0 Å². The van der Waals surface area contributed by atoms with Gasteiger partial charge in [-0.15, -0.1) is 0 Å². The number of likely N-dealkylation sites (tertiary alicyclic amines) is 1. The molecule has 0 spiro atoms. The summed E-state index contributed by atoms with van der Waals surface area (Å²) in [5, 5.41) is 18.7. The number of aryl methyl sites for hydroxylation is 1. The van der Waals surface area contributed by atoms with Crippen molar-refractivity contribution in [2.45, 2.75) is 26.0 Å². The van der Waals surface area contributed by atoms with Crippen molar-refractivity contribution in [2.75, 3.05) is 13.1 Å². The molecular weight excluding hydrogens is 230 g/mol. The van der Waals surface area contributed by atoms with Gasteiger partial charge in [0, 0.05) is 13.1 Å². The average Bonchev–Trinajstić information content (AvgIpc) is 2.32. The van der Waals surface area contributed by atoms with Crippen LogP contribution in [0.2, 0.25) is 0 Å². The fourth-order valence-corrected chi connectivity index (χ4v) is 2.38. The number of rotatable bonds is 3. The topological polar surface area (TPSA) is 60.8 Å². The number of aliphatic hydroxyl groups is 1. The van der Waals surface area contributed by atoms with Crippen molar-refractivity contribution in [1.82, 2.24) is 4.90 Å². The second-order valence-electron chi connectivity index (χ2n) is 5.02. The van der Waals surface area contributed by atoms with E-state index in [-0.39, 0.29) is 0 Å². The van der Waals surface area contributed by atoms with Crippen molar-refractivity contribution in [1.29, 1.82) is 0 Å². The Hall–Kier alpha value is -1.39. The lowest BCUT2D eigenvalue weighted by Crippen LogP contribution is -2.46. The first-order valence-electron chi connectivity index (χ1n) is 6.25. The van der Waals surface area contributed by atoms with Gasteiger partial charge < -0.3 is 10.2 Å². The number of aliphatic hydroxyl groups excluding tert-OH is 1. The Bertz CT molecular complexity index is 416. The first kappa shape index (κ1) is 13.1. The Kier molecular flexibility index (Phi) is 3.99. The number of piperidine rings is 1. The number of carboxylic acids is 1. The van der Waals surface area contributed by atoms with Crippen LogP contribution in [-0.4, -0.2) is 40.3 Å². The number of hydrogen-bond donors (Lipinski definition) is 2. The average molecular weight is 249 g/mol. The Balaban J connectivity index is 1.93. The van der Waals surface area contributed by atoms with Crippen LogP contribution in [-0.2, 0) is 11.3 Å². The third-order valence-electron chi connectivity index (χ3n) is 3.51. The first-order chi connectivity index (χ1) is 8.56. The second kappa shape index (κ2) is 5.50. The van der Waals surface area contributed by atoms with Crippen LogP contribution in [0.4, 0.5) is 0 Å². The van der Waals surface area contributed by atoms with E-state index in [2.05, 4.69) is 29.2 Å². The molecule has 4 heteroatoms. The third-order valence-corrected chi connectivity index (χ3v) is 3.51. The molecule has 0 amide bonds. The number of carbonyl (C=O) groups is 1. The highest BCUT2D eigenvalue weighted by atomic mass is 16.4. The predicted molar refractivity (Wildman–Crippen MR) is 68.2 cm³/mol. The highest BCUT2D eigenvalue weighted by Gasteiger charge is 2.32. The Morgan fingerprint density at radius 1 is 1.39 bits per heavy atom. The smallest absolute Gasteiger partial charge is 0.309 e. The van der Waals surface area contributed by atoms with E-state index in [0.29, 0.717) is 13.0 Å². The molecule has 4 nitrogen and oxygen atoms in total. The Morgan fingerprint density at radius 2 is 2.06 bits per heavy atom. The van der Waals surface area contributed by atoms with E-state index >= 15 is 0 Å². The molecule has 1 aromatic rings. The molecular formula is C14H19NO3. The van der Waals surface area contributed by atoms with Crippen molar-refractivity contribution in [2.24, 2.45) is 5.92 Å². The standard InChI is InChI=1S/C14H19NO3/c1-10-2-4-11(5-3-10)8-15-7-6-12(14(17)18)13(16)9-15/h2-5,12-13,16H,6-9H2,1H3,(H,17,18)/t12-,13+/m0/s1. The Morgan fingerprint density at radius 3 is 2.61 bits per heavy atom. The van der Waals surface area contributed by atoms with Gasteiger partial charge >= 0.3 is 5.97 Å². The molecule has 2 rings (SSSR count). The lowest BCUT2D eigenvalue weighted by molar-refractivity contribution is -0.148. The van der Waals surface area contributed by atoms with E-state index in [4.69, 9.17) is 5.11 Å². The molecule has 0 radical (unpaired) electrons. The van der Waals surface area contributed by atoms with Crippen LogP contribution in [0.1, 0.15) is 17.5 Å². The maximum Gasteiger partial charge on any atom is 0.309 e. The zero-order valence-corrected chi connectivity index (χ0v) is 10.5. The van der Waals surface area contributed by atoms with E-state index in [1.54, 1.807) is 0 Å². The molecule has 1 aromatic carbocycles. The van der Waals surface area contributed by atoms with Crippen LogP contribution in [0.5, 0.6) is 0 Å². The van der Waals surface area contributed by atoms with Gasteiger partial charge in [-0.25, -0.2) is 0 Å². The largest absolute Gasteiger partial charge is 0.481 e. The zero-order chi connectivity index (χ0) is 13.1. The van der Waals surface area contributed by atoms with Crippen molar-refractivity contribution >= 4 is 5.97 Å². The molecule has 1 aliphatic heterocycles. The van der Waals surface area contributed by atoms with E-state index in [1.807, 2.05) is 6.92 Å². The fourth-order valence-electron chi connectivity index (χ4n) is 2.38. The van der Waals surface area contributed by atoms with Crippen LogP contribution in [0.15, 0.2) is 24.3 Å². The molecule has 1 saturated heterocycles. The number of benzene rings is 1. The normalized spacial score (nSPS) is 25.0. The van der Waals surface area contributed by atoms with Crippen molar-refractivity contribution in [3.8, 4) is 0 Å². The zero-order valence-electron chi connectivity index (χ0n) is 10.5. The van der Waals surface area contributed by atoms with E-state index in [1.165, 1.54) is 11.1 Å². The lowest BCUT2D eigenvalue weighted by atomic mass is 9.94. The number of nitrogens with zero attached hydrogens (tertiary/aromatic N) is 1. The van der Waals surface area contributed by atoms with Gasteiger partial charge in [0.15, 0.2) is 0 Å². The molecule has 1 aliphatic rings. The molecule has 0 bridgehead atoms. The number of hydrogen-bond acceptors (Lipinski definition) is 3. The second-order valence-corrected chi connectivity index (χ2v) is 5.02. The highest BCUT2D eigenvalue weighted by Crippen LogP contribution is 2.20. The summed E-state index contributed by atoms with van der Waals surface area (Å²) in [5.74, 6) is -1.50. The summed E-state index contributed by atoms with van der Waals surface area (Å²) in [7, 11) is 0. The predicted octanol–water partition coefficient (Wildman–Crippen LogP) is 1.26. The van der Waals surface area contributed by atoms with Crippen LogP contribution < -0.4 is 0 Å². The minimum Gasteiger partial charge on any atom is -0.481 e. The van der Waals surface area contributed by atoms with Gasteiger partial charge in [-0.3, -0.25) is 9.69 Å². The first-order valence-corrected chi connectivity index (χ1v) is 6.25. The summed E-state index contributed by atoms with van der Waals surface area (Å²) in [6.07, 6.45) is -0.246. The van der Waals surface area contributed by atoms with E-state index in [0.717, 1.165) is 13.1 Å². The van der Waals surface area contributed by atoms with Gasteiger partial charge in [0.25, 0.3) is 0 Å². The van der Waals surface area contributed by atoms with Gasteiger partial charge in [-0.1, -0.05) is 29.8 Å². The summed E-state index contributed by atoms with van der Waals surface area (Å²) in [6, 6.07) is 8.28. The Labute approximate surface area is 107 Å². The molecule has 18 heavy (non-hydrogen) atoms. The molecule has 98 valence electrons. The van der Waals surface area contributed by atoms with Crippen molar-refractivity contribution < 1.29 is 15.0 Å². The molecule has 0 aliphatic carbocycles. The minimum absolute atomic E-state index is 0.435. The fraction of sp³-hybridized carbons (Fsp3) is 0.500. The molecule has 0 saturated carbocycles. The number of β-amino-alcohol motifs (C(OH)–C–C–N with tert-alkyl or cyclic N) is 1. The van der Waals surface area contributed by atoms with Gasteiger partial charge in [0.05, 0.1) is 12.0 Å². The summed E-state index contributed by atoms with van der Waals surface area (Å²) < 4.78 is 0. The summed E-state index contributed by atoms with van der Waals surface area (Å²) >= 11 is 0. The minimum atomic E-state index is -0.891. The van der Waals surface area contributed by atoms with Crippen LogP contribution in [0, 0.1) is 12.8 Å². The molecule has 0 unspecified atom stereocenters. The molecule has 1 heterocycles. The third kappa shape index (κ3) is 3.09. The van der Waals surface area contributed by atoms with Gasteiger partial charge in [-0.2, -0.15) is 0 Å². The maximum atomic E-state index is 10.9. The molecule has 2 N–H and O–H groups in total. The lowest BCUT2D eigenvalue weighted by Gasteiger charge is -2.33. The van der Waals surface area contributed by atoms with Crippen molar-refractivity contribution in [3.05, 3.63) is 35.4 Å². The van der Waals surface area contributed by atoms with E-state index < -0.39 is 18.0 Å². The highest BCUT2D eigenvalue weighted by molar-refractivity contribution is 5.70. The summed E-state index contributed by atoms with van der Waals surface area (Å²) in [4.78, 5) is 13.0. The number of carboxylic acid groups (broad SMARTS) is 1. The SMILES string of the molecule is Cc1ccc(CN2CC[C@H](C(=O)O)[C@H](O)C2)cc1. The summed E-state index contributed by atoms with van der Waals surface area (Å²) in [5.41, 5.74) is 2.42. The van der Waals surface area contributed by atoms with Crippen LogP contribution in [0.25, 0.3) is 0 Å². The van der Waals surface area contributed by atoms with Gasteiger partial charge in [0.1, 0.15) is 0 Å². The monoisotopic (exact) mass is 249 g/mol. The van der Waals surface area contributed by atoms with E-state index in [9.17, 15) is 9.90 Å². The van der Waals surface area contributed by atoms with Crippen molar-refractivity contribution in [3.63, 3.8) is 0 Å². The quantitative estimate of drug-likeness (QED) is 0.846. The van der Waals surface area contributed by atoms with Crippen LogP contribution in [0.3, 0.4) is 0 Å². The molecule has 2 atom stereocenters. The maximum absolute atomic E-state index is 10.9. The molecule has 1 fully saturated rings. The summed E-state index contributed by atoms with van der Waals surface area (Å²) in [6.45, 7) is 3.97.